The van der Waals surface area contributed by atoms with Crippen molar-refractivity contribution >= 4 is 5.69 Å². The Morgan fingerprint density at radius 2 is 2.20 bits per heavy atom. The van der Waals surface area contributed by atoms with Crippen LogP contribution >= 0.6 is 0 Å². The van der Waals surface area contributed by atoms with Crippen LogP contribution < -0.4 is 5.32 Å². The van der Waals surface area contributed by atoms with Gasteiger partial charge in [0.15, 0.2) is 0 Å². The second-order valence-electron chi connectivity index (χ2n) is 3.56. The summed E-state index contributed by atoms with van der Waals surface area (Å²) < 4.78 is 1.80. The van der Waals surface area contributed by atoms with E-state index >= 15 is 0 Å². The van der Waals surface area contributed by atoms with Crippen LogP contribution in [-0.4, -0.2) is 14.8 Å². The lowest BCUT2D eigenvalue weighted by Crippen LogP contribution is -1.98. The van der Waals surface area contributed by atoms with Crippen molar-refractivity contribution in [1.82, 2.24) is 14.8 Å². The molecule has 0 aromatic carbocycles. The molecule has 2 rings (SSSR count). The van der Waals surface area contributed by atoms with Gasteiger partial charge in [0.2, 0.25) is 0 Å². The van der Waals surface area contributed by atoms with Gasteiger partial charge < -0.3 is 5.32 Å². The van der Waals surface area contributed by atoms with E-state index in [0.29, 0.717) is 0 Å². The van der Waals surface area contributed by atoms with Crippen LogP contribution in [-0.2, 0) is 13.6 Å². The molecule has 0 aliphatic carbocycles. The zero-order chi connectivity index (χ0) is 10.7. The van der Waals surface area contributed by atoms with E-state index in [1.165, 1.54) is 0 Å². The van der Waals surface area contributed by atoms with Crippen molar-refractivity contribution in [3.63, 3.8) is 0 Å². The van der Waals surface area contributed by atoms with Gasteiger partial charge in [-0.1, -0.05) is 0 Å². The van der Waals surface area contributed by atoms with E-state index < -0.39 is 0 Å². The first-order chi connectivity index (χ1) is 7.24. The summed E-state index contributed by atoms with van der Waals surface area (Å²) in [6.45, 7) is 2.75. The van der Waals surface area contributed by atoms with E-state index in [2.05, 4.69) is 15.4 Å². The van der Waals surface area contributed by atoms with Gasteiger partial charge in [0.25, 0.3) is 0 Å². The van der Waals surface area contributed by atoms with Crippen LogP contribution in [0.2, 0.25) is 0 Å². The van der Waals surface area contributed by atoms with Crippen LogP contribution in [0.15, 0.2) is 30.7 Å². The van der Waals surface area contributed by atoms with Gasteiger partial charge in [0.1, 0.15) is 0 Å². The molecule has 0 amide bonds. The molecule has 2 heterocycles. The highest BCUT2D eigenvalue weighted by Gasteiger charge is 1.96. The molecule has 4 nitrogen and oxygen atoms in total. The molecule has 15 heavy (non-hydrogen) atoms. The monoisotopic (exact) mass is 202 g/mol. The molecule has 2 aromatic rings. The number of aromatic nitrogens is 3. The molecule has 1 N–H and O–H groups in total. The van der Waals surface area contributed by atoms with Gasteiger partial charge in [-0.3, -0.25) is 9.67 Å². The molecule has 2 aromatic heterocycles. The third kappa shape index (κ3) is 2.56. The van der Waals surface area contributed by atoms with Gasteiger partial charge >= 0.3 is 0 Å². The lowest BCUT2D eigenvalue weighted by atomic mass is 10.3. The molecule has 0 fully saturated rings. The second kappa shape index (κ2) is 4.13. The molecule has 0 radical (unpaired) electrons. The maximum Gasteiger partial charge on any atom is 0.0539 e. The molecule has 0 bridgehead atoms. The fraction of sp³-hybridized carbons (Fsp3) is 0.273. The molecule has 0 aliphatic rings. The second-order valence-corrected chi connectivity index (χ2v) is 3.56. The Labute approximate surface area is 89.0 Å². The molecule has 0 saturated carbocycles. The Bertz CT molecular complexity index is 430. The molecular formula is C11H14N4. The summed E-state index contributed by atoms with van der Waals surface area (Å²) in [4.78, 5) is 4.21. The highest BCUT2D eigenvalue weighted by atomic mass is 15.2. The topological polar surface area (TPSA) is 42.7 Å². The van der Waals surface area contributed by atoms with E-state index in [4.69, 9.17) is 0 Å². The Kier molecular flexibility index (Phi) is 2.67. The zero-order valence-corrected chi connectivity index (χ0v) is 8.94. The maximum atomic E-state index is 4.21. The van der Waals surface area contributed by atoms with Crippen molar-refractivity contribution in [3.8, 4) is 0 Å². The normalized spacial score (nSPS) is 10.3. The zero-order valence-electron chi connectivity index (χ0n) is 8.94. The van der Waals surface area contributed by atoms with Crippen molar-refractivity contribution in [1.29, 1.82) is 0 Å². The summed E-state index contributed by atoms with van der Waals surface area (Å²) in [7, 11) is 1.91. The van der Waals surface area contributed by atoms with E-state index in [-0.39, 0.29) is 0 Å². The summed E-state index contributed by atoms with van der Waals surface area (Å²) in [6.07, 6.45) is 5.69. The van der Waals surface area contributed by atoms with Crippen molar-refractivity contribution in [3.05, 3.63) is 42.0 Å². The van der Waals surface area contributed by atoms with E-state index in [9.17, 15) is 0 Å². The van der Waals surface area contributed by atoms with Crippen LogP contribution in [0.1, 0.15) is 11.3 Å². The lowest BCUT2D eigenvalue weighted by molar-refractivity contribution is 0.767. The fourth-order valence-corrected chi connectivity index (χ4v) is 1.34. The van der Waals surface area contributed by atoms with Crippen LogP contribution in [0, 0.1) is 6.92 Å². The highest BCUT2D eigenvalue weighted by molar-refractivity contribution is 5.41. The van der Waals surface area contributed by atoms with Crippen molar-refractivity contribution in [2.24, 2.45) is 7.05 Å². The van der Waals surface area contributed by atoms with Crippen LogP contribution in [0.4, 0.5) is 5.69 Å². The Morgan fingerprint density at radius 1 is 1.33 bits per heavy atom. The molecule has 0 aliphatic heterocycles. The quantitative estimate of drug-likeness (QED) is 0.824. The molecule has 0 spiro atoms. The van der Waals surface area contributed by atoms with Crippen molar-refractivity contribution in [2.75, 3.05) is 5.32 Å². The summed E-state index contributed by atoms with van der Waals surface area (Å²) >= 11 is 0. The Balaban J connectivity index is 1.96. The van der Waals surface area contributed by atoms with Gasteiger partial charge in [-0.05, 0) is 19.1 Å². The summed E-state index contributed by atoms with van der Waals surface area (Å²) in [5, 5.41) is 7.39. The van der Waals surface area contributed by atoms with Crippen LogP contribution in [0.5, 0.6) is 0 Å². The number of rotatable bonds is 3. The lowest BCUT2D eigenvalue weighted by Gasteiger charge is -2.03. The predicted molar refractivity (Wildman–Crippen MR) is 59.5 cm³/mol. The summed E-state index contributed by atoms with van der Waals surface area (Å²) in [5.74, 6) is 0. The van der Waals surface area contributed by atoms with Gasteiger partial charge in [-0.2, -0.15) is 5.10 Å². The fourth-order valence-electron chi connectivity index (χ4n) is 1.34. The van der Waals surface area contributed by atoms with Crippen LogP contribution in [0.3, 0.4) is 0 Å². The van der Waals surface area contributed by atoms with Crippen LogP contribution in [0.25, 0.3) is 0 Å². The summed E-state index contributed by atoms with van der Waals surface area (Å²) in [6, 6.07) is 4.02. The van der Waals surface area contributed by atoms with Gasteiger partial charge in [0.05, 0.1) is 18.1 Å². The Hall–Kier alpha value is -1.84. The number of pyridine rings is 1. The maximum absolute atomic E-state index is 4.21. The molecule has 0 atom stereocenters. The van der Waals surface area contributed by atoms with E-state index in [1.54, 1.807) is 4.68 Å². The highest BCUT2D eigenvalue weighted by Crippen LogP contribution is 2.07. The first-order valence-corrected chi connectivity index (χ1v) is 4.88. The molecule has 4 heteroatoms. The Morgan fingerprint density at radius 3 is 2.80 bits per heavy atom. The minimum absolute atomic E-state index is 0.776. The number of hydrogen-bond donors (Lipinski definition) is 1. The van der Waals surface area contributed by atoms with Gasteiger partial charge in [-0.15, -0.1) is 0 Å². The molecule has 78 valence electrons. The average Bonchev–Trinajstić information content (AvgIpc) is 2.64. The first-order valence-electron chi connectivity index (χ1n) is 4.88. The minimum Gasteiger partial charge on any atom is -0.380 e. The van der Waals surface area contributed by atoms with Gasteiger partial charge in [-0.25, -0.2) is 0 Å². The number of nitrogens with one attached hydrogen (secondary N) is 1. The predicted octanol–water partition coefficient (Wildman–Crippen LogP) is 1.74. The number of aryl methyl sites for hydroxylation is 2. The average molecular weight is 202 g/mol. The first kappa shape index (κ1) is 9.71. The third-order valence-electron chi connectivity index (χ3n) is 2.17. The standard InChI is InChI=1S/C11H14N4/c1-9-3-4-11(7-12-9)13-5-10-6-14-15(2)8-10/h3-4,6-8,13H,5H2,1-2H3. The minimum atomic E-state index is 0.776. The van der Waals surface area contributed by atoms with Gasteiger partial charge in [0, 0.05) is 31.0 Å². The number of nitrogens with zero attached hydrogens (tertiary/aromatic N) is 3. The van der Waals surface area contributed by atoms with E-state index in [1.807, 2.05) is 44.7 Å². The third-order valence-corrected chi connectivity index (χ3v) is 2.17. The summed E-state index contributed by atoms with van der Waals surface area (Å²) in [5.41, 5.74) is 3.23. The number of anilines is 1. The largest absolute Gasteiger partial charge is 0.380 e. The van der Waals surface area contributed by atoms with Crippen molar-refractivity contribution < 1.29 is 0 Å². The number of hydrogen-bond acceptors (Lipinski definition) is 3. The smallest absolute Gasteiger partial charge is 0.0539 e. The van der Waals surface area contributed by atoms with Crippen molar-refractivity contribution in [2.45, 2.75) is 13.5 Å². The SMILES string of the molecule is Cc1ccc(NCc2cnn(C)c2)cn1. The molecular weight excluding hydrogens is 188 g/mol. The molecule has 0 saturated heterocycles. The van der Waals surface area contributed by atoms with E-state index in [0.717, 1.165) is 23.5 Å². The molecule has 0 unspecified atom stereocenters.